The van der Waals surface area contributed by atoms with Gasteiger partial charge in [-0.2, -0.15) is 0 Å². The maximum atomic E-state index is 14.1. The second kappa shape index (κ2) is 5.20. The number of fused-ring (bicyclic) bond motifs is 3. The van der Waals surface area contributed by atoms with E-state index in [0.29, 0.717) is 6.42 Å². The lowest BCUT2D eigenvalue weighted by atomic mass is 9.63. The Bertz CT molecular complexity index is 770. The first kappa shape index (κ1) is 15.4. The third-order valence-electron chi connectivity index (χ3n) is 5.48. The van der Waals surface area contributed by atoms with Gasteiger partial charge in [-0.1, -0.05) is 30.3 Å². The van der Waals surface area contributed by atoms with E-state index in [2.05, 4.69) is 0 Å². The molecule has 2 unspecified atom stereocenters. The summed E-state index contributed by atoms with van der Waals surface area (Å²) in [6.45, 7) is 1.97. The number of alkyl halides is 2. The molecule has 4 heteroatoms. The van der Waals surface area contributed by atoms with E-state index in [0.717, 1.165) is 28.2 Å². The lowest BCUT2D eigenvalue weighted by molar-refractivity contribution is -0.0830. The van der Waals surface area contributed by atoms with Gasteiger partial charge in [0, 0.05) is 18.4 Å². The van der Waals surface area contributed by atoms with Crippen LogP contribution in [-0.2, 0) is 5.41 Å². The minimum Gasteiger partial charge on any atom is -0.497 e. The normalized spacial score (nSPS) is 27.1. The van der Waals surface area contributed by atoms with E-state index in [4.69, 9.17) is 9.47 Å². The van der Waals surface area contributed by atoms with Crippen molar-refractivity contribution in [2.45, 2.75) is 43.6 Å². The summed E-state index contributed by atoms with van der Waals surface area (Å²) in [6.07, 6.45) is -0.516. The van der Waals surface area contributed by atoms with Crippen molar-refractivity contribution in [2.24, 2.45) is 0 Å². The van der Waals surface area contributed by atoms with E-state index in [1.54, 1.807) is 7.11 Å². The number of benzene rings is 2. The molecule has 0 aromatic heterocycles. The Morgan fingerprint density at radius 1 is 1.08 bits per heavy atom. The average molecular weight is 330 g/mol. The Morgan fingerprint density at radius 2 is 1.83 bits per heavy atom. The van der Waals surface area contributed by atoms with Crippen LogP contribution in [0.3, 0.4) is 0 Å². The van der Waals surface area contributed by atoms with Gasteiger partial charge in [-0.15, -0.1) is 0 Å². The average Bonchev–Trinajstić information content (AvgIpc) is 2.90. The van der Waals surface area contributed by atoms with Gasteiger partial charge in [0.1, 0.15) is 17.6 Å². The zero-order chi connectivity index (χ0) is 16.9. The molecule has 0 saturated heterocycles. The third-order valence-corrected chi connectivity index (χ3v) is 5.48. The van der Waals surface area contributed by atoms with Crippen LogP contribution in [0.5, 0.6) is 11.5 Å². The highest BCUT2D eigenvalue weighted by atomic mass is 19.3. The summed E-state index contributed by atoms with van der Waals surface area (Å²) >= 11 is 0. The minimum atomic E-state index is -2.67. The largest absolute Gasteiger partial charge is 0.497 e. The van der Waals surface area contributed by atoms with Crippen LogP contribution in [0, 0.1) is 6.92 Å². The standard InChI is InChI=1S/C20H20F2O2/c1-13-4-3-5-16-18(13)24-17-12-19(21,22)10-11-20(16,17)14-6-8-15(23-2)9-7-14/h3-9,17H,10-12H2,1-2H3. The van der Waals surface area contributed by atoms with Gasteiger partial charge in [-0.3, -0.25) is 0 Å². The molecule has 0 radical (unpaired) electrons. The Balaban J connectivity index is 1.89. The topological polar surface area (TPSA) is 18.5 Å². The number of methoxy groups -OCH3 is 1. The summed E-state index contributed by atoms with van der Waals surface area (Å²) < 4.78 is 39.5. The Kier molecular flexibility index (Phi) is 3.34. The second-order valence-corrected chi connectivity index (χ2v) is 6.82. The number of hydrogen-bond acceptors (Lipinski definition) is 2. The predicted molar refractivity (Wildman–Crippen MR) is 88.2 cm³/mol. The molecule has 0 N–H and O–H groups in total. The molecule has 1 aliphatic heterocycles. The van der Waals surface area contributed by atoms with Crippen molar-refractivity contribution in [3.05, 3.63) is 59.2 Å². The van der Waals surface area contributed by atoms with E-state index in [1.807, 2.05) is 49.4 Å². The molecule has 1 saturated carbocycles. The van der Waals surface area contributed by atoms with Crippen molar-refractivity contribution >= 4 is 0 Å². The summed E-state index contributed by atoms with van der Waals surface area (Å²) in [5.41, 5.74) is 2.55. The van der Waals surface area contributed by atoms with E-state index in [9.17, 15) is 8.78 Å². The lowest BCUT2D eigenvalue weighted by Gasteiger charge is -2.41. The zero-order valence-corrected chi connectivity index (χ0v) is 13.8. The van der Waals surface area contributed by atoms with Gasteiger partial charge in [0.2, 0.25) is 0 Å². The molecular formula is C20H20F2O2. The number of rotatable bonds is 2. The first-order chi connectivity index (χ1) is 11.5. The zero-order valence-electron chi connectivity index (χ0n) is 13.8. The van der Waals surface area contributed by atoms with Gasteiger partial charge < -0.3 is 9.47 Å². The van der Waals surface area contributed by atoms with Gasteiger partial charge >= 0.3 is 0 Å². The van der Waals surface area contributed by atoms with Crippen LogP contribution >= 0.6 is 0 Å². The molecule has 2 aromatic rings. The summed E-state index contributed by atoms with van der Waals surface area (Å²) in [5.74, 6) is -1.14. The molecule has 4 rings (SSSR count). The second-order valence-electron chi connectivity index (χ2n) is 6.82. The summed E-state index contributed by atoms with van der Waals surface area (Å²) in [5, 5.41) is 0. The van der Waals surface area contributed by atoms with Crippen molar-refractivity contribution in [1.82, 2.24) is 0 Å². The van der Waals surface area contributed by atoms with E-state index in [1.165, 1.54) is 0 Å². The van der Waals surface area contributed by atoms with Crippen LogP contribution in [0.2, 0.25) is 0 Å². The number of halogens is 2. The Labute approximate surface area is 140 Å². The highest BCUT2D eigenvalue weighted by Gasteiger charge is 2.57. The number of ether oxygens (including phenoxy) is 2. The molecule has 1 heterocycles. The predicted octanol–water partition coefficient (Wildman–Crippen LogP) is 4.87. The molecular weight excluding hydrogens is 310 g/mol. The number of aryl methyl sites for hydroxylation is 1. The van der Waals surface area contributed by atoms with Crippen molar-refractivity contribution < 1.29 is 18.3 Å². The number of hydrogen-bond donors (Lipinski definition) is 0. The summed E-state index contributed by atoms with van der Waals surface area (Å²) in [6, 6.07) is 13.7. The van der Waals surface area contributed by atoms with Gasteiger partial charge in [0.25, 0.3) is 5.92 Å². The third kappa shape index (κ3) is 2.12. The van der Waals surface area contributed by atoms with Crippen molar-refractivity contribution in [1.29, 1.82) is 0 Å². The minimum absolute atomic E-state index is 0.119. The van der Waals surface area contributed by atoms with Crippen LogP contribution in [0.1, 0.15) is 36.0 Å². The fraction of sp³-hybridized carbons (Fsp3) is 0.400. The highest BCUT2D eigenvalue weighted by Crippen LogP contribution is 2.57. The monoisotopic (exact) mass is 330 g/mol. The van der Waals surface area contributed by atoms with Crippen molar-refractivity contribution in [3.8, 4) is 11.5 Å². The lowest BCUT2D eigenvalue weighted by Crippen LogP contribution is -2.48. The summed E-state index contributed by atoms with van der Waals surface area (Å²) in [7, 11) is 1.62. The van der Waals surface area contributed by atoms with Crippen LogP contribution < -0.4 is 9.47 Å². The van der Waals surface area contributed by atoms with Crippen molar-refractivity contribution in [3.63, 3.8) is 0 Å². The van der Waals surface area contributed by atoms with Crippen LogP contribution in [0.25, 0.3) is 0 Å². The maximum absolute atomic E-state index is 14.1. The maximum Gasteiger partial charge on any atom is 0.251 e. The smallest absolute Gasteiger partial charge is 0.251 e. The molecule has 24 heavy (non-hydrogen) atoms. The molecule has 2 nitrogen and oxygen atoms in total. The fourth-order valence-corrected chi connectivity index (χ4v) is 4.22. The molecule has 0 amide bonds. The van der Waals surface area contributed by atoms with E-state index < -0.39 is 17.4 Å². The van der Waals surface area contributed by atoms with E-state index in [-0.39, 0.29) is 12.8 Å². The van der Waals surface area contributed by atoms with Gasteiger partial charge in [0.15, 0.2) is 0 Å². The van der Waals surface area contributed by atoms with E-state index >= 15 is 0 Å². The first-order valence-corrected chi connectivity index (χ1v) is 8.25. The first-order valence-electron chi connectivity index (χ1n) is 8.25. The molecule has 0 bridgehead atoms. The van der Waals surface area contributed by atoms with Gasteiger partial charge in [-0.25, -0.2) is 8.78 Å². The van der Waals surface area contributed by atoms with Crippen LogP contribution in [-0.4, -0.2) is 19.1 Å². The van der Waals surface area contributed by atoms with Gasteiger partial charge in [-0.05, 0) is 36.6 Å². The number of para-hydroxylation sites is 1. The molecule has 2 aromatic carbocycles. The molecule has 2 atom stereocenters. The Hall–Kier alpha value is -2.10. The molecule has 2 aliphatic rings. The summed E-state index contributed by atoms with van der Waals surface area (Å²) in [4.78, 5) is 0. The fourth-order valence-electron chi connectivity index (χ4n) is 4.22. The SMILES string of the molecule is COc1ccc(C23CCC(F)(F)CC2Oc2c(C)cccc23)cc1. The molecule has 1 fully saturated rings. The molecule has 0 spiro atoms. The van der Waals surface area contributed by atoms with Crippen LogP contribution in [0.15, 0.2) is 42.5 Å². The van der Waals surface area contributed by atoms with Crippen LogP contribution in [0.4, 0.5) is 8.78 Å². The Morgan fingerprint density at radius 3 is 2.54 bits per heavy atom. The van der Waals surface area contributed by atoms with Crippen molar-refractivity contribution in [2.75, 3.05) is 7.11 Å². The quantitative estimate of drug-likeness (QED) is 0.782. The molecule has 126 valence electrons. The highest BCUT2D eigenvalue weighted by molar-refractivity contribution is 5.56. The van der Waals surface area contributed by atoms with Gasteiger partial charge in [0.05, 0.1) is 12.5 Å². The molecule has 1 aliphatic carbocycles.